The zero-order chi connectivity index (χ0) is 48.6. The number of carbonyl (C=O) groups is 3. The molecule has 0 aliphatic heterocycles. The maximum Gasteiger partial charge on any atom is 0.306 e. The molecule has 0 aromatic carbocycles. The number of esters is 3. The summed E-state index contributed by atoms with van der Waals surface area (Å²) in [5, 5.41) is 0. The molecule has 0 aromatic heterocycles. The minimum Gasteiger partial charge on any atom is -0.462 e. The first kappa shape index (κ1) is 63.3. The maximum atomic E-state index is 12.8. The molecule has 0 saturated heterocycles. The highest BCUT2D eigenvalue weighted by molar-refractivity contribution is 5.71. The van der Waals surface area contributed by atoms with Gasteiger partial charge in [0.25, 0.3) is 0 Å². The summed E-state index contributed by atoms with van der Waals surface area (Å²) in [4.78, 5) is 38.1. The number of carbonyl (C=O) groups excluding carboxylic acids is 3. The molecular formula is C61H102O6. The van der Waals surface area contributed by atoms with Crippen LogP contribution in [0, 0.1) is 0 Å². The highest BCUT2D eigenvalue weighted by Crippen LogP contribution is 2.14. The normalized spacial score (nSPS) is 12.8. The van der Waals surface area contributed by atoms with E-state index in [4.69, 9.17) is 14.2 Å². The Kier molecular flexibility index (Phi) is 51.9. The molecule has 6 nitrogen and oxygen atoms in total. The average Bonchev–Trinajstić information content (AvgIpc) is 3.33. The molecule has 1 atom stereocenters. The van der Waals surface area contributed by atoms with Crippen LogP contribution < -0.4 is 0 Å². The molecule has 0 aromatic rings. The van der Waals surface area contributed by atoms with Crippen LogP contribution in [0.15, 0.2) is 97.2 Å². The first-order chi connectivity index (χ1) is 33.0. The predicted octanol–water partition coefficient (Wildman–Crippen LogP) is 18.5. The summed E-state index contributed by atoms with van der Waals surface area (Å²) >= 11 is 0. The summed E-state index contributed by atoms with van der Waals surface area (Å²) in [5.74, 6) is -1.00. The van der Waals surface area contributed by atoms with Gasteiger partial charge in [-0.3, -0.25) is 14.4 Å². The van der Waals surface area contributed by atoms with Gasteiger partial charge in [0.2, 0.25) is 0 Å². The fourth-order valence-electron chi connectivity index (χ4n) is 7.40. The Balaban J connectivity index is 4.51. The Bertz CT molecular complexity index is 1350. The van der Waals surface area contributed by atoms with Crippen molar-refractivity contribution in [2.45, 2.75) is 258 Å². The summed E-state index contributed by atoms with van der Waals surface area (Å²) < 4.78 is 16.8. The summed E-state index contributed by atoms with van der Waals surface area (Å²) in [6, 6.07) is 0. The quantitative estimate of drug-likeness (QED) is 0.0262. The van der Waals surface area contributed by atoms with Crippen molar-refractivity contribution in [1.82, 2.24) is 0 Å². The van der Waals surface area contributed by atoms with Gasteiger partial charge in [0.1, 0.15) is 13.2 Å². The van der Waals surface area contributed by atoms with Gasteiger partial charge in [-0.1, -0.05) is 221 Å². The molecule has 0 bridgehead atoms. The van der Waals surface area contributed by atoms with E-state index in [1.165, 1.54) is 128 Å². The number of hydrogen-bond acceptors (Lipinski definition) is 6. The van der Waals surface area contributed by atoms with Crippen LogP contribution in [0.1, 0.15) is 252 Å². The van der Waals surface area contributed by atoms with Gasteiger partial charge >= 0.3 is 17.9 Å². The van der Waals surface area contributed by atoms with Crippen LogP contribution in [-0.2, 0) is 28.6 Å². The number of unbranched alkanes of at least 4 members (excludes halogenated alkanes) is 22. The van der Waals surface area contributed by atoms with Crippen LogP contribution in [0.2, 0.25) is 0 Å². The van der Waals surface area contributed by atoms with Crippen LogP contribution in [-0.4, -0.2) is 37.2 Å². The zero-order valence-electron chi connectivity index (χ0n) is 43.6. The number of allylic oxidation sites excluding steroid dienone is 16. The molecule has 0 unspecified atom stereocenters. The van der Waals surface area contributed by atoms with E-state index in [0.29, 0.717) is 19.3 Å². The monoisotopic (exact) mass is 931 g/mol. The summed E-state index contributed by atoms with van der Waals surface area (Å²) in [7, 11) is 0. The van der Waals surface area contributed by atoms with Crippen molar-refractivity contribution in [2.75, 3.05) is 13.2 Å². The van der Waals surface area contributed by atoms with Gasteiger partial charge in [0.05, 0.1) is 0 Å². The Morgan fingerprint density at radius 3 is 1.00 bits per heavy atom. The smallest absolute Gasteiger partial charge is 0.306 e. The lowest BCUT2D eigenvalue weighted by molar-refractivity contribution is -0.166. The summed E-state index contributed by atoms with van der Waals surface area (Å²) in [6.45, 7) is 6.43. The zero-order valence-corrected chi connectivity index (χ0v) is 43.6. The van der Waals surface area contributed by atoms with Crippen LogP contribution >= 0.6 is 0 Å². The van der Waals surface area contributed by atoms with Crippen LogP contribution in [0.3, 0.4) is 0 Å². The highest BCUT2D eigenvalue weighted by atomic mass is 16.6. The van der Waals surface area contributed by atoms with Crippen molar-refractivity contribution >= 4 is 17.9 Å². The molecule has 0 fully saturated rings. The molecule has 0 spiro atoms. The lowest BCUT2D eigenvalue weighted by atomic mass is 10.1. The predicted molar refractivity (Wildman–Crippen MR) is 288 cm³/mol. The standard InChI is InChI=1S/C61H102O6/c1-4-7-10-13-16-19-22-25-28-29-30-31-34-36-39-42-45-48-51-54-60(63)66-57-58(67-61(64)55-52-49-46-43-40-37-33-27-24-21-18-15-12-9-6-3)56-65-59(62)53-50-47-44-41-38-35-32-26-23-20-17-14-11-8-5-2/h7,10,16,19-21,23-25,28,30-31,36,39,45,48,58H,4-6,8-9,11-15,17-18,22,26-27,29,32-35,37-38,40-44,46-47,49-57H2,1-3H3/b10-7+,19-16+,23-20+,24-21+,28-25+,31-30+,39-36+,48-45+/t58-/m1/s1. The van der Waals surface area contributed by atoms with Crippen molar-refractivity contribution in [3.8, 4) is 0 Å². The molecule has 0 radical (unpaired) electrons. The molecule has 0 heterocycles. The average molecular weight is 931 g/mol. The Morgan fingerprint density at radius 1 is 0.313 bits per heavy atom. The molecule has 382 valence electrons. The lowest BCUT2D eigenvalue weighted by Gasteiger charge is -2.18. The van der Waals surface area contributed by atoms with Crippen molar-refractivity contribution in [3.05, 3.63) is 97.2 Å². The van der Waals surface area contributed by atoms with Crippen molar-refractivity contribution < 1.29 is 28.6 Å². The summed E-state index contributed by atoms with van der Waals surface area (Å²) in [5.41, 5.74) is 0. The molecule has 0 aliphatic rings. The van der Waals surface area contributed by atoms with Gasteiger partial charge in [-0.15, -0.1) is 0 Å². The maximum absolute atomic E-state index is 12.8. The van der Waals surface area contributed by atoms with E-state index in [1.807, 2.05) is 6.08 Å². The van der Waals surface area contributed by atoms with Crippen LogP contribution in [0.5, 0.6) is 0 Å². The van der Waals surface area contributed by atoms with E-state index in [2.05, 4.69) is 112 Å². The Hall–Kier alpha value is -3.67. The fraction of sp³-hybridized carbons (Fsp3) is 0.689. The number of hydrogen-bond donors (Lipinski definition) is 0. The van der Waals surface area contributed by atoms with E-state index in [-0.39, 0.29) is 37.5 Å². The first-order valence-corrected chi connectivity index (χ1v) is 27.7. The van der Waals surface area contributed by atoms with Crippen molar-refractivity contribution in [3.63, 3.8) is 0 Å². The van der Waals surface area contributed by atoms with E-state index >= 15 is 0 Å². The third-order valence-electron chi connectivity index (χ3n) is 11.6. The number of rotatable bonds is 49. The second-order valence-corrected chi connectivity index (χ2v) is 18.1. The SMILES string of the molecule is CC/C=C/C/C=C/C/C=C/C/C=C/C/C=C/C/C=C/CCC(=O)OC[C@@H](COC(=O)CCCCCCCCC/C=C/CCCCCC)OC(=O)CCCCCCCCC/C=C/CCCCCC. The van der Waals surface area contributed by atoms with Crippen molar-refractivity contribution in [1.29, 1.82) is 0 Å². The van der Waals surface area contributed by atoms with Gasteiger partial charge in [0, 0.05) is 19.3 Å². The van der Waals surface area contributed by atoms with Gasteiger partial charge in [-0.05, 0) is 109 Å². The molecule has 67 heavy (non-hydrogen) atoms. The molecule has 0 aliphatic carbocycles. The van der Waals surface area contributed by atoms with E-state index in [9.17, 15) is 14.4 Å². The molecule has 6 heteroatoms. The third-order valence-corrected chi connectivity index (χ3v) is 11.6. The first-order valence-electron chi connectivity index (χ1n) is 27.7. The Morgan fingerprint density at radius 2 is 0.612 bits per heavy atom. The Labute approximate surface area is 413 Å². The fourth-order valence-corrected chi connectivity index (χ4v) is 7.40. The van der Waals surface area contributed by atoms with Gasteiger partial charge < -0.3 is 14.2 Å². The lowest BCUT2D eigenvalue weighted by Crippen LogP contribution is -2.30. The van der Waals surface area contributed by atoms with Gasteiger partial charge in [0.15, 0.2) is 6.10 Å². The van der Waals surface area contributed by atoms with Crippen LogP contribution in [0.4, 0.5) is 0 Å². The van der Waals surface area contributed by atoms with Crippen molar-refractivity contribution in [2.24, 2.45) is 0 Å². The number of ether oxygens (including phenoxy) is 3. The molecule has 0 amide bonds. The summed E-state index contributed by atoms with van der Waals surface area (Å²) in [6.07, 6.45) is 72.6. The topological polar surface area (TPSA) is 78.9 Å². The van der Waals surface area contributed by atoms with E-state index < -0.39 is 6.10 Å². The van der Waals surface area contributed by atoms with Gasteiger partial charge in [-0.25, -0.2) is 0 Å². The largest absolute Gasteiger partial charge is 0.462 e. The highest BCUT2D eigenvalue weighted by Gasteiger charge is 2.19. The second-order valence-electron chi connectivity index (χ2n) is 18.1. The van der Waals surface area contributed by atoms with E-state index in [1.54, 1.807) is 0 Å². The minimum absolute atomic E-state index is 0.105. The molecule has 0 rings (SSSR count). The molecular weight excluding hydrogens is 829 g/mol. The van der Waals surface area contributed by atoms with E-state index in [0.717, 1.165) is 77.0 Å². The third kappa shape index (κ3) is 53.2. The van der Waals surface area contributed by atoms with Gasteiger partial charge in [-0.2, -0.15) is 0 Å². The van der Waals surface area contributed by atoms with Crippen LogP contribution in [0.25, 0.3) is 0 Å². The minimum atomic E-state index is -0.812. The molecule has 0 N–H and O–H groups in total. The molecule has 0 saturated carbocycles. The second kappa shape index (κ2) is 54.9.